The van der Waals surface area contributed by atoms with E-state index in [4.69, 9.17) is 9.47 Å². The number of carbonyl (C=O) groups is 2. The van der Waals surface area contributed by atoms with Crippen LogP contribution in [0.4, 0.5) is 11.4 Å². The maximum atomic E-state index is 12.6. The minimum atomic E-state index is -0.301. The van der Waals surface area contributed by atoms with Gasteiger partial charge in [0.2, 0.25) is 5.91 Å². The summed E-state index contributed by atoms with van der Waals surface area (Å²) in [7, 11) is 3.05. The van der Waals surface area contributed by atoms with Crippen molar-refractivity contribution in [3.8, 4) is 11.5 Å². The molecule has 0 aliphatic rings. The third-order valence-electron chi connectivity index (χ3n) is 4.29. The molecule has 6 nitrogen and oxygen atoms in total. The Morgan fingerprint density at radius 1 is 0.793 bits per heavy atom. The minimum Gasteiger partial charge on any atom is -0.497 e. The van der Waals surface area contributed by atoms with E-state index in [0.29, 0.717) is 34.9 Å². The second kappa shape index (κ2) is 9.41. The first-order valence-corrected chi connectivity index (χ1v) is 9.06. The molecule has 0 atom stereocenters. The van der Waals surface area contributed by atoms with E-state index in [0.717, 1.165) is 5.56 Å². The lowest BCUT2D eigenvalue weighted by Crippen LogP contribution is -2.15. The molecule has 0 unspecified atom stereocenters. The summed E-state index contributed by atoms with van der Waals surface area (Å²) < 4.78 is 10.4. The molecule has 3 aromatic carbocycles. The summed E-state index contributed by atoms with van der Waals surface area (Å²) >= 11 is 0. The van der Waals surface area contributed by atoms with Gasteiger partial charge in [-0.2, -0.15) is 0 Å². The molecule has 3 rings (SSSR count). The van der Waals surface area contributed by atoms with Gasteiger partial charge in [0.25, 0.3) is 5.91 Å². The number of anilines is 2. The van der Waals surface area contributed by atoms with E-state index in [9.17, 15) is 9.59 Å². The van der Waals surface area contributed by atoms with Gasteiger partial charge >= 0.3 is 0 Å². The number of hydrogen-bond acceptors (Lipinski definition) is 4. The molecular weight excluding hydrogens is 368 g/mol. The second-order valence-electron chi connectivity index (χ2n) is 6.31. The average molecular weight is 390 g/mol. The molecule has 0 aliphatic carbocycles. The third-order valence-corrected chi connectivity index (χ3v) is 4.29. The van der Waals surface area contributed by atoms with Crippen LogP contribution >= 0.6 is 0 Å². The molecule has 0 heterocycles. The van der Waals surface area contributed by atoms with Gasteiger partial charge in [0.15, 0.2) is 0 Å². The van der Waals surface area contributed by atoms with Gasteiger partial charge in [0, 0.05) is 17.4 Å². The zero-order chi connectivity index (χ0) is 20.6. The molecule has 2 amide bonds. The van der Waals surface area contributed by atoms with Crippen molar-refractivity contribution in [1.82, 2.24) is 0 Å². The predicted octanol–water partition coefficient (Wildman–Crippen LogP) is 4.14. The van der Waals surface area contributed by atoms with E-state index < -0.39 is 0 Å². The summed E-state index contributed by atoms with van der Waals surface area (Å²) in [6, 6.07) is 21.5. The van der Waals surface area contributed by atoms with Crippen LogP contribution in [0.15, 0.2) is 72.8 Å². The topological polar surface area (TPSA) is 76.7 Å². The largest absolute Gasteiger partial charge is 0.497 e. The van der Waals surface area contributed by atoms with Gasteiger partial charge < -0.3 is 20.1 Å². The van der Waals surface area contributed by atoms with Gasteiger partial charge in [-0.05, 0) is 42.0 Å². The number of nitrogens with one attached hydrogen (secondary N) is 2. The molecule has 148 valence electrons. The van der Waals surface area contributed by atoms with Crippen molar-refractivity contribution < 1.29 is 19.1 Å². The maximum Gasteiger partial charge on any atom is 0.259 e. The molecule has 3 aromatic rings. The molecule has 0 bridgehead atoms. The fourth-order valence-corrected chi connectivity index (χ4v) is 2.81. The average Bonchev–Trinajstić information content (AvgIpc) is 2.75. The Balaban J connectivity index is 1.61. The van der Waals surface area contributed by atoms with Crippen molar-refractivity contribution >= 4 is 23.2 Å². The van der Waals surface area contributed by atoms with E-state index in [-0.39, 0.29) is 11.8 Å². The summed E-state index contributed by atoms with van der Waals surface area (Å²) in [6.45, 7) is 0. The maximum absolute atomic E-state index is 12.6. The highest BCUT2D eigenvalue weighted by Gasteiger charge is 2.13. The molecule has 0 aromatic heterocycles. The highest BCUT2D eigenvalue weighted by Crippen LogP contribution is 2.25. The lowest BCUT2D eigenvalue weighted by Gasteiger charge is -2.11. The molecular formula is C23H22N2O4. The Bertz CT molecular complexity index is 986. The van der Waals surface area contributed by atoms with E-state index >= 15 is 0 Å². The van der Waals surface area contributed by atoms with Crippen LogP contribution < -0.4 is 20.1 Å². The molecule has 0 aliphatic heterocycles. The smallest absolute Gasteiger partial charge is 0.259 e. The number of hydrogen-bond donors (Lipinski definition) is 2. The fourth-order valence-electron chi connectivity index (χ4n) is 2.81. The second-order valence-corrected chi connectivity index (χ2v) is 6.31. The van der Waals surface area contributed by atoms with Gasteiger partial charge in [0.05, 0.1) is 26.2 Å². The Hall–Kier alpha value is -3.80. The number of carbonyl (C=O) groups excluding carboxylic acids is 2. The SMILES string of the molecule is COc1ccc(C(=O)Nc2ccc(NC(=O)Cc3ccccc3)cc2)c(OC)c1. The lowest BCUT2D eigenvalue weighted by molar-refractivity contribution is -0.115. The van der Waals surface area contributed by atoms with Crippen molar-refractivity contribution in [2.45, 2.75) is 6.42 Å². The number of methoxy groups -OCH3 is 2. The summed E-state index contributed by atoms with van der Waals surface area (Å²) in [6.07, 6.45) is 0.302. The number of ether oxygens (including phenoxy) is 2. The van der Waals surface area contributed by atoms with Crippen LogP contribution in [0.2, 0.25) is 0 Å². The van der Waals surface area contributed by atoms with E-state index in [1.807, 2.05) is 30.3 Å². The first-order chi connectivity index (χ1) is 14.1. The summed E-state index contributed by atoms with van der Waals surface area (Å²) in [5.41, 5.74) is 2.61. The quantitative estimate of drug-likeness (QED) is 0.636. The highest BCUT2D eigenvalue weighted by molar-refractivity contribution is 6.06. The van der Waals surface area contributed by atoms with Crippen LogP contribution in [0.25, 0.3) is 0 Å². The van der Waals surface area contributed by atoms with Crippen LogP contribution in [-0.4, -0.2) is 26.0 Å². The molecule has 0 radical (unpaired) electrons. The lowest BCUT2D eigenvalue weighted by atomic mass is 10.1. The first kappa shape index (κ1) is 19.9. The Morgan fingerprint density at radius 3 is 2.07 bits per heavy atom. The van der Waals surface area contributed by atoms with E-state index in [1.165, 1.54) is 7.11 Å². The standard InChI is InChI=1S/C23H22N2O4/c1-28-19-12-13-20(21(15-19)29-2)23(27)25-18-10-8-17(9-11-18)24-22(26)14-16-6-4-3-5-7-16/h3-13,15H,14H2,1-2H3,(H,24,26)(H,25,27). The predicted molar refractivity (Wildman–Crippen MR) is 113 cm³/mol. The Labute approximate surface area is 169 Å². The number of benzene rings is 3. The molecule has 0 fully saturated rings. The van der Waals surface area contributed by atoms with Crippen molar-refractivity contribution in [3.05, 3.63) is 83.9 Å². The highest BCUT2D eigenvalue weighted by atomic mass is 16.5. The summed E-state index contributed by atoms with van der Waals surface area (Å²) in [4.78, 5) is 24.7. The van der Waals surface area contributed by atoms with Crippen LogP contribution in [0, 0.1) is 0 Å². The zero-order valence-electron chi connectivity index (χ0n) is 16.3. The van der Waals surface area contributed by atoms with E-state index in [2.05, 4.69) is 10.6 Å². The normalized spacial score (nSPS) is 10.1. The van der Waals surface area contributed by atoms with Gasteiger partial charge in [0.1, 0.15) is 11.5 Å². The number of rotatable bonds is 7. The zero-order valence-corrected chi connectivity index (χ0v) is 16.3. The Kier molecular flexibility index (Phi) is 6.47. The summed E-state index contributed by atoms with van der Waals surface area (Å²) in [5.74, 6) is 0.627. The van der Waals surface area contributed by atoms with Gasteiger partial charge in [-0.3, -0.25) is 9.59 Å². The van der Waals surface area contributed by atoms with Gasteiger partial charge in [-0.15, -0.1) is 0 Å². The first-order valence-electron chi connectivity index (χ1n) is 9.06. The molecule has 6 heteroatoms. The summed E-state index contributed by atoms with van der Waals surface area (Å²) in [5, 5.41) is 5.67. The molecule has 0 spiro atoms. The van der Waals surface area contributed by atoms with Crippen molar-refractivity contribution in [1.29, 1.82) is 0 Å². The minimum absolute atomic E-state index is 0.101. The fraction of sp³-hybridized carbons (Fsp3) is 0.130. The molecule has 0 saturated carbocycles. The Morgan fingerprint density at radius 2 is 1.45 bits per heavy atom. The van der Waals surface area contributed by atoms with Crippen molar-refractivity contribution in [3.63, 3.8) is 0 Å². The molecule has 2 N–H and O–H groups in total. The van der Waals surface area contributed by atoms with Gasteiger partial charge in [-0.1, -0.05) is 30.3 Å². The molecule has 0 saturated heterocycles. The van der Waals surface area contributed by atoms with Gasteiger partial charge in [-0.25, -0.2) is 0 Å². The van der Waals surface area contributed by atoms with Crippen LogP contribution in [0.5, 0.6) is 11.5 Å². The van der Waals surface area contributed by atoms with Crippen LogP contribution in [-0.2, 0) is 11.2 Å². The van der Waals surface area contributed by atoms with Crippen LogP contribution in [0.3, 0.4) is 0 Å². The van der Waals surface area contributed by atoms with Crippen LogP contribution in [0.1, 0.15) is 15.9 Å². The monoisotopic (exact) mass is 390 g/mol. The number of amides is 2. The van der Waals surface area contributed by atoms with Crippen molar-refractivity contribution in [2.75, 3.05) is 24.9 Å². The van der Waals surface area contributed by atoms with Crippen molar-refractivity contribution in [2.24, 2.45) is 0 Å². The third kappa shape index (κ3) is 5.35. The van der Waals surface area contributed by atoms with E-state index in [1.54, 1.807) is 49.6 Å². The molecule has 29 heavy (non-hydrogen) atoms.